The van der Waals surface area contributed by atoms with Crippen LogP contribution in [-0.2, 0) is 0 Å². The molecule has 0 aliphatic carbocycles. The van der Waals surface area contributed by atoms with Crippen LogP contribution in [0.4, 0.5) is 5.69 Å². The molecule has 0 atom stereocenters. The summed E-state index contributed by atoms with van der Waals surface area (Å²) in [4.78, 5) is 5.19. The van der Waals surface area contributed by atoms with E-state index in [0.29, 0.717) is 17.5 Å². The Hall–Kier alpha value is -1.69. The summed E-state index contributed by atoms with van der Waals surface area (Å²) >= 11 is 1.45. The fourth-order valence-corrected chi connectivity index (χ4v) is 2.23. The van der Waals surface area contributed by atoms with Crippen LogP contribution in [-0.4, -0.2) is 21.8 Å². The lowest BCUT2D eigenvalue weighted by Crippen LogP contribution is -1.93. The zero-order valence-corrected chi connectivity index (χ0v) is 10.5. The third-order valence-corrected chi connectivity index (χ3v) is 2.84. The van der Waals surface area contributed by atoms with Crippen LogP contribution in [0.5, 0.6) is 5.75 Å². The van der Waals surface area contributed by atoms with Gasteiger partial charge < -0.3 is 10.5 Å². The summed E-state index contributed by atoms with van der Waals surface area (Å²) in [5, 5.41) is 7.54. The van der Waals surface area contributed by atoms with E-state index in [9.17, 15) is 0 Å². The molecule has 1 aromatic heterocycles. The molecule has 0 aliphatic rings. The third-order valence-electron chi connectivity index (χ3n) is 2.00. The van der Waals surface area contributed by atoms with Gasteiger partial charge in [0.05, 0.1) is 6.61 Å². The van der Waals surface area contributed by atoms with Crippen molar-refractivity contribution in [3.63, 3.8) is 0 Å². The van der Waals surface area contributed by atoms with E-state index in [2.05, 4.69) is 15.2 Å². The molecule has 2 rings (SSSR count). The van der Waals surface area contributed by atoms with Gasteiger partial charge in [0.2, 0.25) is 5.16 Å². The first-order chi connectivity index (χ1) is 8.17. The average Bonchev–Trinajstić information content (AvgIpc) is 2.63. The van der Waals surface area contributed by atoms with Crippen LogP contribution < -0.4 is 10.5 Å². The Labute approximate surface area is 104 Å². The summed E-state index contributed by atoms with van der Waals surface area (Å²) < 4.78 is 5.43. The van der Waals surface area contributed by atoms with Crippen molar-refractivity contribution in [2.75, 3.05) is 12.3 Å². The molecular weight excluding hydrogens is 236 g/mol. The first-order valence-corrected chi connectivity index (χ1v) is 6.09. The Morgan fingerprint density at radius 2 is 2.24 bits per heavy atom. The Kier molecular flexibility index (Phi) is 3.53. The first kappa shape index (κ1) is 11.8. The summed E-state index contributed by atoms with van der Waals surface area (Å²) in [5.74, 6) is 1.56. The van der Waals surface area contributed by atoms with Gasteiger partial charge in [-0.2, -0.15) is 0 Å². The van der Waals surface area contributed by atoms with Crippen molar-refractivity contribution < 1.29 is 4.74 Å². The fraction of sp³-hybridized carbons (Fsp3) is 0.273. The van der Waals surface area contributed by atoms with Gasteiger partial charge in [-0.3, -0.25) is 5.10 Å². The maximum Gasteiger partial charge on any atom is 0.213 e. The van der Waals surface area contributed by atoms with E-state index in [-0.39, 0.29) is 0 Å². The smallest absolute Gasteiger partial charge is 0.213 e. The minimum absolute atomic E-state index is 0.618. The second kappa shape index (κ2) is 5.09. The number of aromatic nitrogens is 3. The SMILES string of the molecule is CCOc1cc(N)cc(Sc2n[nH]c(C)n2)c1. The monoisotopic (exact) mass is 250 g/mol. The number of rotatable bonds is 4. The van der Waals surface area contributed by atoms with Gasteiger partial charge in [-0.05, 0) is 37.7 Å². The second-order valence-electron chi connectivity index (χ2n) is 3.48. The zero-order chi connectivity index (χ0) is 12.3. The number of nitrogens with zero attached hydrogens (tertiary/aromatic N) is 2. The van der Waals surface area contributed by atoms with Gasteiger partial charge in [0, 0.05) is 16.6 Å². The van der Waals surface area contributed by atoms with Crippen LogP contribution in [0.3, 0.4) is 0 Å². The van der Waals surface area contributed by atoms with Crippen LogP contribution >= 0.6 is 11.8 Å². The number of aryl methyl sites for hydroxylation is 1. The molecule has 0 saturated carbocycles. The lowest BCUT2D eigenvalue weighted by molar-refractivity contribution is 0.339. The number of nitrogens with one attached hydrogen (secondary N) is 1. The van der Waals surface area contributed by atoms with Crippen LogP contribution in [0, 0.1) is 6.92 Å². The number of hydrogen-bond acceptors (Lipinski definition) is 5. The minimum atomic E-state index is 0.618. The molecule has 0 bridgehead atoms. The predicted octanol–water partition coefficient (Wildman–Crippen LogP) is 2.25. The Morgan fingerprint density at radius 1 is 1.41 bits per heavy atom. The number of ether oxygens (including phenoxy) is 1. The van der Waals surface area contributed by atoms with Gasteiger partial charge in [0.25, 0.3) is 0 Å². The Bertz CT molecular complexity index is 512. The number of anilines is 1. The molecule has 6 heteroatoms. The van der Waals surface area contributed by atoms with Gasteiger partial charge >= 0.3 is 0 Å². The maximum atomic E-state index is 5.81. The Balaban J connectivity index is 2.20. The van der Waals surface area contributed by atoms with Crippen molar-refractivity contribution in [2.45, 2.75) is 23.9 Å². The molecule has 0 unspecified atom stereocenters. The first-order valence-electron chi connectivity index (χ1n) is 5.27. The van der Waals surface area contributed by atoms with Gasteiger partial charge in [0.1, 0.15) is 11.6 Å². The fourth-order valence-electron chi connectivity index (χ4n) is 1.38. The molecule has 3 N–H and O–H groups in total. The van der Waals surface area contributed by atoms with Crippen LogP contribution in [0.2, 0.25) is 0 Å². The largest absolute Gasteiger partial charge is 0.494 e. The van der Waals surface area contributed by atoms with Crippen molar-refractivity contribution in [2.24, 2.45) is 0 Å². The zero-order valence-electron chi connectivity index (χ0n) is 9.73. The molecule has 1 heterocycles. The number of hydrogen-bond donors (Lipinski definition) is 2. The number of nitrogen functional groups attached to an aromatic ring is 1. The highest BCUT2D eigenvalue weighted by Crippen LogP contribution is 2.30. The molecule has 2 aromatic rings. The molecule has 17 heavy (non-hydrogen) atoms. The minimum Gasteiger partial charge on any atom is -0.494 e. The van der Waals surface area contributed by atoms with E-state index in [1.54, 1.807) is 6.07 Å². The predicted molar refractivity (Wildman–Crippen MR) is 67.3 cm³/mol. The molecule has 0 radical (unpaired) electrons. The molecule has 1 aromatic carbocycles. The van der Waals surface area contributed by atoms with E-state index in [4.69, 9.17) is 10.5 Å². The summed E-state index contributed by atoms with van der Waals surface area (Å²) in [7, 11) is 0. The van der Waals surface area contributed by atoms with Gasteiger partial charge in [-0.15, -0.1) is 5.10 Å². The van der Waals surface area contributed by atoms with Gasteiger partial charge in [-0.1, -0.05) is 0 Å². The van der Waals surface area contributed by atoms with Crippen LogP contribution in [0.1, 0.15) is 12.7 Å². The van der Waals surface area contributed by atoms with Gasteiger partial charge in [-0.25, -0.2) is 4.98 Å². The highest BCUT2D eigenvalue weighted by molar-refractivity contribution is 7.99. The lowest BCUT2D eigenvalue weighted by Gasteiger charge is -2.06. The van der Waals surface area contributed by atoms with Crippen molar-refractivity contribution in [3.8, 4) is 5.75 Å². The normalized spacial score (nSPS) is 10.5. The number of H-pyrrole nitrogens is 1. The second-order valence-corrected chi connectivity index (χ2v) is 4.52. The average molecular weight is 250 g/mol. The summed E-state index contributed by atoms with van der Waals surface area (Å²) in [6.45, 7) is 4.42. The van der Waals surface area contributed by atoms with E-state index >= 15 is 0 Å². The molecule has 0 aliphatic heterocycles. The summed E-state index contributed by atoms with van der Waals surface area (Å²) in [5.41, 5.74) is 6.48. The molecule has 0 saturated heterocycles. The topological polar surface area (TPSA) is 76.8 Å². The summed E-state index contributed by atoms with van der Waals surface area (Å²) in [6.07, 6.45) is 0. The highest BCUT2D eigenvalue weighted by Gasteiger charge is 2.05. The Morgan fingerprint density at radius 3 is 2.88 bits per heavy atom. The van der Waals surface area contributed by atoms with Crippen LogP contribution in [0.15, 0.2) is 28.3 Å². The van der Waals surface area contributed by atoms with Crippen molar-refractivity contribution >= 4 is 17.4 Å². The molecule has 0 amide bonds. The van der Waals surface area contributed by atoms with Crippen molar-refractivity contribution in [1.29, 1.82) is 0 Å². The van der Waals surface area contributed by atoms with Gasteiger partial charge in [0.15, 0.2) is 0 Å². The quantitative estimate of drug-likeness (QED) is 0.814. The third kappa shape index (κ3) is 3.13. The number of benzene rings is 1. The highest BCUT2D eigenvalue weighted by atomic mass is 32.2. The number of nitrogens with two attached hydrogens (primary N) is 1. The summed E-state index contributed by atoms with van der Waals surface area (Å²) in [6, 6.07) is 5.60. The standard InChI is InChI=1S/C11H14N4OS/c1-3-16-9-4-8(12)5-10(6-9)17-11-13-7(2)14-15-11/h4-6H,3,12H2,1-2H3,(H,13,14,15). The molecule has 0 spiro atoms. The lowest BCUT2D eigenvalue weighted by atomic mass is 10.3. The van der Waals surface area contributed by atoms with E-state index < -0.39 is 0 Å². The van der Waals surface area contributed by atoms with E-state index in [1.807, 2.05) is 26.0 Å². The van der Waals surface area contributed by atoms with Crippen molar-refractivity contribution in [1.82, 2.24) is 15.2 Å². The number of aromatic amines is 1. The molecule has 90 valence electrons. The molecule has 5 nitrogen and oxygen atoms in total. The van der Waals surface area contributed by atoms with Crippen molar-refractivity contribution in [3.05, 3.63) is 24.0 Å². The molecular formula is C11H14N4OS. The van der Waals surface area contributed by atoms with Crippen LogP contribution in [0.25, 0.3) is 0 Å². The molecule has 0 fully saturated rings. The van der Waals surface area contributed by atoms with E-state index in [0.717, 1.165) is 16.5 Å². The maximum absolute atomic E-state index is 5.81. The van der Waals surface area contributed by atoms with E-state index in [1.165, 1.54) is 11.8 Å².